The molecule has 0 bridgehead atoms. The summed E-state index contributed by atoms with van der Waals surface area (Å²) in [5.74, 6) is 1.83. The molecule has 1 fully saturated rings. The largest absolute Gasteiger partial charge is 0.467 e. The molecule has 48 heavy (non-hydrogen) atoms. The molecule has 5 aromatic rings. The van der Waals surface area contributed by atoms with E-state index in [2.05, 4.69) is 80.3 Å². The quantitative estimate of drug-likeness (QED) is 0.0535. The monoisotopic (exact) mass is 700 g/mol. The normalized spacial score (nSPS) is 16.9. The molecule has 1 aliphatic heterocycles. The van der Waals surface area contributed by atoms with Gasteiger partial charge >= 0.3 is 6.09 Å². The molecular formula is C38H44N2O5S2Si. The first-order valence-corrected chi connectivity index (χ1v) is 22.1. The Morgan fingerprint density at radius 1 is 1.02 bits per heavy atom. The molecule has 252 valence electrons. The van der Waals surface area contributed by atoms with Crippen molar-refractivity contribution in [2.24, 2.45) is 0 Å². The van der Waals surface area contributed by atoms with Crippen LogP contribution < -0.4 is 4.74 Å². The third kappa shape index (κ3) is 9.18. The third-order valence-corrected chi connectivity index (χ3v) is 12.7. The molecule has 2 unspecified atom stereocenters. The van der Waals surface area contributed by atoms with Gasteiger partial charge in [0.2, 0.25) is 0 Å². The fraction of sp³-hybridized carbons (Fsp3) is 0.368. The number of para-hydroxylation sites is 1. The zero-order chi connectivity index (χ0) is 33.5. The Hall–Kier alpha value is -3.41. The summed E-state index contributed by atoms with van der Waals surface area (Å²) in [6.07, 6.45) is 0.494. The topological polar surface area (TPSA) is 81.1 Å². The minimum atomic E-state index is -1.17. The molecule has 0 aliphatic carbocycles. The van der Waals surface area contributed by atoms with Crippen molar-refractivity contribution in [1.29, 1.82) is 0 Å². The number of hydrogen-bond donors (Lipinski definition) is 1. The van der Waals surface area contributed by atoms with Crippen molar-refractivity contribution in [2.45, 2.75) is 61.5 Å². The lowest BCUT2D eigenvalue weighted by atomic mass is 9.86. The van der Waals surface area contributed by atoms with Gasteiger partial charge < -0.3 is 24.2 Å². The maximum Gasteiger partial charge on any atom is 0.407 e. The van der Waals surface area contributed by atoms with Crippen molar-refractivity contribution in [3.63, 3.8) is 0 Å². The van der Waals surface area contributed by atoms with Crippen molar-refractivity contribution in [1.82, 2.24) is 9.88 Å². The molecule has 4 aromatic carbocycles. The third-order valence-electron chi connectivity index (χ3n) is 8.77. The van der Waals surface area contributed by atoms with Crippen LogP contribution >= 0.6 is 23.1 Å². The van der Waals surface area contributed by atoms with Gasteiger partial charge in [-0.2, -0.15) is 0 Å². The molecule has 0 spiro atoms. The minimum Gasteiger partial charge on any atom is -0.467 e. The van der Waals surface area contributed by atoms with Gasteiger partial charge in [-0.15, -0.1) is 11.3 Å². The lowest BCUT2D eigenvalue weighted by molar-refractivity contribution is -0.0201. The van der Waals surface area contributed by atoms with Crippen LogP contribution in [-0.4, -0.2) is 67.5 Å². The first-order chi connectivity index (χ1) is 23.2. The van der Waals surface area contributed by atoms with E-state index in [0.717, 1.165) is 50.2 Å². The lowest BCUT2D eigenvalue weighted by Gasteiger charge is -2.37. The smallest absolute Gasteiger partial charge is 0.407 e. The fourth-order valence-electron chi connectivity index (χ4n) is 6.02. The number of benzene rings is 4. The molecule has 7 nitrogen and oxygen atoms in total. The number of fused-ring (bicyclic) bond motifs is 2. The average Bonchev–Trinajstić information content (AvgIpc) is 3.50. The molecule has 2 heterocycles. The van der Waals surface area contributed by atoms with Crippen molar-refractivity contribution in [3.05, 3.63) is 102 Å². The molecule has 1 aromatic heterocycles. The highest BCUT2D eigenvalue weighted by Gasteiger charge is 2.33. The minimum absolute atomic E-state index is 0.0997. The summed E-state index contributed by atoms with van der Waals surface area (Å²) in [5.41, 5.74) is 4.51. The van der Waals surface area contributed by atoms with Crippen molar-refractivity contribution in [3.8, 4) is 5.75 Å². The Bertz CT molecular complexity index is 1790. The number of nitrogens with zero attached hydrogens (tertiary/aromatic N) is 2. The highest BCUT2D eigenvalue weighted by Crippen LogP contribution is 2.34. The van der Waals surface area contributed by atoms with E-state index in [1.54, 1.807) is 23.1 Å². The summed E-state index contributed by atoms with van der Waals surface area (Å²) in [6.45, 7) is 9.09. The van der Waals surface area contributed by atoms with Crippen LogP contribution in [0.1, 0.15) is 29.0 Å². The molecule has 0 radical (unpaired) electrons. The fourth-order valence-corrected chi connectivity index (χ4v) is 8.91. The summed E-state index contributed by atoms with van der Waals surface area (Å²) >= 11 is 3.55. The van der Waals surface area contributed by atoms with E-state index in [1.807, 2.05) is 24.3 Å². The van der Waals surface area contributed by atoms with E-state index in [4.69, 9.17) is 19.2 Å². The molecular weight excluding hydrogens is 657 g/mol. The number of amides is 1. The Kier molecular flexibility index (Phi) is 11.4. The van der Waals surface area contributed by atoms with Crippen LogP contribution in [0, 0.1) is 0 Å². The molecule has 1 aliphatic rings. The predicted octanol–water partition coefficient (Wildman–Crippen LogP) is 9.53. The number of aryl methyl sites for hydroxylation is 1. The predicted molar refractivity (Wildman–Crippen MR) is 200 cm³/mol. The molecule has 1 N–H and O–H groups in total. The number of rotatable bonds is 14. The number of aromatic nitrogens is 1. The number of thioether (sulfide) groups is 1. The van der Waals surface area contributed by atoms with Crippen LogP contribution in [0.25, 0.3) is 21.0 Å². The van der Waals surface area contributed by atoms with Gasteiger partial charge in [0.05, 0.1) is 29.5 Å². The number of piperidine rings is 1. The summed E-state index contributed by atoms with van der Waals surface area (Å²) in [6, 6.07) is 30.5. The second kappa shape index (κ2) is 15.9. The molecule has 10 heteroatoms. The van der Waals surface area contributed by atoms with Crippen LogP contribution in [0.2, 0.25) is 25.7 Å². The molecule has 1 amide bonds. The second-order valence-corrected chi connectivity index (χ2v) is 21.6. The van der Waals surface area contributed by atoms with Crippen molar-refractivity contribution >= 4 is 58.3 Å². The first-order valence-electron chi connectivity index (χ1n) is 16.6. The summed E-state index contributed by atoms with van der Waals surface area (Å²) in [7, 11) is -1.17. The van der Waals surface area contributed by atoms with Crippen LogP contribution in [0.4, 0.5) is 4.79 Å². The number of carboxylic acid groups (broad SMARTS) is 1. The SMILES string of the molecule is C[Si](C)(C)CCOCOc1cc(COC2CN(C(=O)O)CCC2c2ccc(CCSc3nc4ccccc4s3)cc2)cc2ccccc12. The summed E-state index contributed by atoms with van der Waals surface area (Å²) in [5, 5.41) is 11.9. The number of likely N-dealkylation sites (tertiary alicyclic amines) is 1. The van der Waals surface area contributed by atoms with E-state index >= 15 is 0 Å². The van der Waals surface area contributed by atoms with Crippen molar-refractivity contribution in [2.75, 3.05) is 32.2 Å². The van der Waals surface area contributed by atoms with Gasteiger partial charge in [0.1, 0.15) is 5.75 Å². The van der Waals surface area contributed by atoms with E-state index in [9.17, 15) is 9.90 Å². The van der Waals surface area contributed by atoms with Crippen LogP contribution in [0.15, 0.2) is 89.3 Å². The maximum atomic E-state index is 11.9. The molecule has 1 saturated heterocycles. The van der Waals surface area contributed by atoms with Crippen molar-refractivity contribution < 1.29 is 24.1 Å². The number of thiazole rings is 1. The second-order valence-electron chi connectivity index (χ2n) is 13.6. The number of hydrogen-bond acceptors (Lipinski definition) is 7. The van der Waals surface area contributed by atoms with Gasteiger partial charge in [0.25, 0.3) is 0 Å². The summed E-state index contributed by atoms with van der Waals surface area (Å²) < 4.78 is 20.9. The number of ether oxygens (including phenoxy) is 3. The molecule has 2 atom stereocenters. The van der Waals surface area contributed by atoms with E-state index in [-0.39, 0.29) is 18.8 Å². The number of carbonyl (C=O) groups is 1. The molecule has 0 saturated carbocycles. The van der Waals surface area contributed by atoms with Gasteiger partial charge in [0, 0.05) is 38.3 Å². The summed E-state index contributed by atoms with van der Waals surface area (Å²) in [4.78, 5) is 18.2. The molecule has 6 rings (SSSR count). The van der Waals surface area contributed by atoms with E-state index < -0.39 is 14.2 Å². The zero-order valence-corrected chi connectivity index (χ0v) is 30.5. The van der Waals surface area contributed by atoms with Gasteiger partial charge in [-0.05, 0) is 65.2 Å². The Balaban J connectivity index is 1.10. The standard InChI is InChI=1S/C38H44N2O5S2Si/c1-48(2,3)21-19-43-26-45-34-23-28(22-30-8-4-5-9-31(30)34)25-44-35-24-40(38(41)42)18-16-32(35)29-14-12-27(13-15-29)17-20-46-37-39-33-10-6-7-11-36(33)47-37/h4-15,22-23,32,35H,16-21,24-26H2,1-3H3,(H,41,42). The highest BCUT2D eigenvalue weighted by molar-refractivity contribution is 8.01. The Morgan fingerprint density at radius 3 is 2.60 bits per heavy atom. The van der Waals surface area contributed by atoms with Crippen LogP contribution in [0.5, 0.6) is 5.75 Å². The van der Waals surface area contributed by atoms with Gasteiger partial charge in [0.15, 0.2) is 11.1 Å². The van der Waals surface area contributed by atoms with Gasteiger partial charge in [-0.3, -0.25) is 0 Å². The van der Waals surface area contributed by atoms with Crippen LogP contribution in [-0.2, 0) is 22.5 Å². The highest BCUT2D eigenvalue weighted by atomic mass is 32.2. The first kappa shape index (κ1) is 34.4. The zero-order valence-electron chi connectivity index (χ0n) is 27.9. The lowest BCUT2D eigenvalue weighted by Crippen LogP contribution is -2.46. The van der Waals surface area contributed by atoms with Gasteiger partial charge in [-0.25, -0.2) is 9.78 Å². The Labute approximate surface area is 292 Å². The Morgan fingerprint density at radius 2 is 1.81 bits per heavy atom. The van der Waals surface area contributed by atoms with E-state index in [0.29, 0.717) is 32.7 Å². The average molecular weight is 701 g/mol. The van der Waals surface area contributed by atoms with Gasteiger partial charge in [-0.1, -0.05) is 92.1 Å². The van der Waals surface area contributed by atoms with E-state index in [1.165, 1.54) is 20.7 Å². The van der Waals surface area contributed by atoms with Crippen LogP contribution in [0.3, 0.4) is 0 Å². The maximum absolute atomic E-state index is 11.9.